The van der Waals surface area contributed by atoms with Crippen LogP contribution in [0.15, 0.2) is 114 Å². The minimum atomic E-state index is -4.60. The van der Waals surface area contributed by atoms with Gasteiger partial charge in [-0.25, -0.2) is 18.1 Å². The second-order valence-corrected chi connectivity index (χ2v) is 20.1. The number of pyridine rings is 1. The van der Waals surface area contributed by atoms with Crippen LogP contribution in [0.5, 0.6) is 11.5 Å². The lowest BCUT2D eigenvalue weighted by atomic mass is 9.80. The molecule has 67 heavy (non-hydrogen) atoms. The van der Waals surface area contributed by atoms with Crippen molar-refractivity contribution < 1.29 is 32.8 Å². The van der Waals surface area contributed by atoms with Crippen LogP contribution in [0.4, 0.5) is 17.1 Å². The van der Waals surface area contributed by atoms with Gasteiger partial charge < -0.3 is 29.9 Å². The summed E-state index contributed by atoms with van der Waals surface area (Å²) < 4.78 is 36.0. The summed E-state index contributed by atoms with van der Waals surface area (Å²) in [7, 11) is -4.60. The topological polar surface area (TPSA) is 200 Å². The van der Waals surface area contributed by atoms with Crippen LogP contribution in [0.3, 0.4) is 0 Å². The second kappa shape index (κ2) is 18.8. The third kappa shape index (κ3) is 10.0. The number of hydrogen-bond donors (Lipinski definition) is 4. The van der Waals surface area contributed by atoms with Crippen LogP contribution in [-0.4, -0.2) is 76.9 Å². The second-order valence-electron chi connectivity index (χ2n) is 18.4. The fourth-order valence-corrected chi connectivity index (χ4v) is 11.0. The molecule has 1 atom stereocenters. The van der Waals surface area contributed by atoms with E-state index in [0.717, 1.165) is 80.9 Å². The molecule has 2 aliphatic heterocycles. The van der Waals surface area contributed by atoms with Crippen LogP contribution in [0.25, 0.3) is 22.2 Å². The number of nitrogens with one attached hydrogen (secondary N) is 3. The molecule has 6 aromatic rings. The number of hydrogen-bond acceptors (Lipinski definition) is 11. The maximum atomic E-state index is 14.0. The lowest BCUT2D eigenvalue weighted by molar-refractivity contribution is -0.384. The summed E-state index contributed by atoms with van der Waals surface area (Å²) in [6, 6.07) is 29.2. The largest absolute Gasteiger partial charge is 0.455 e. The molecule has 0 unspecified atom stereocenters. The van der Waals surface area contributed by atoms with Crippen LogP contribution < -0.4 is 19.7 Å². The number of sulfonamides is 1. The van der Waals surface area contributed by atoms with Gasteiger partial charge in [0.05, 0.1) is 33.2 Å². The summed E-state index contributed by atoms with van der Waals surface area (Å²) in [5.41, 5.74) is 4.90. The van der Waals surface area contributed by atoms with Gasteiger partial charge in [-0.15, -0.1) is 0 Å². The average molecular weight is 926 g/mol. The van der Waals surface area contributed by atoms with Crippen molar-refractivity contribution in [2.45, 2.75) is 87.7 Å². The molecule has 9 rings (SSSR count). The highest BCUT2D eigenvalue weighted by molar-refractivity contribution is 7.90. The number of rotatable bonds is 13. The van der Waals surface area contributed by atoms with E-state index >= 15 is 0 Å². The molecule has 4 N–H and O–H groups in total. The highest BCUT2D eigenvalue weighted by Gasteiger charge is 2.33. The molecule has 0 bridgehead atoms. The highest BCUT2D eigenvalue weighted by Crippen LogP contribution is 2.42. The Bertz CT molecular complexity index is 2920. The first-order chi connectivity index (χ1) is 32.2. The third-order valence-electron chi connectivity index (χ3n) is 13.8. The molecule has 3 fully saturated rings. The smallest absolute Gasteiger partial charge is 0.293 e. The number of aliphatic hydroxyl groups is 1. The van der Waals surface area contributed by atoms with Gasteiger partial charge in [0.25, 0.3) is 21.6 Å². The summed E-state index contributed by atoms with van der Waals surface area (Å²) >= 11 is 0. The standard InChI is InChI=1S/C51H55N7O8S/c1-33(59)56-26-20-36(21-27-56)42-6-3-4-7-43(42)46-8-5-25-57(46)39-12-9-35(10-13-39)37-11-15-44(48(29-37)66-40-28-38-19-24-52-49(38)54-32-40)50(60)55-67(64,65)41-14-16-45(47(30-41)58(62)63)53-31-34-17-22-51(2,61)23-18-34/h3-4,6-7,9-16,19,24,28-30,32,34,36,46,53,61H,5,8,17-18,20-23,25-27,31H2,1-2H3,(H,52,54)(H,55,60)/t34-,46-,51-/m1/s1. The summed E-state index contributed by atoms with van der Waals surface area (Å²) in [4.78, 5) is 49.0. The zero-order valence-electron chi connectivity index (χ0n) is 37.6. The first-order valence-electron chi connectivity index (χ1n) is 23.0. The Balaban J connectivity index is 0.952. The van der Waals surface area contributed by atoms with Crippen molar-refractivity contribution in [2.24, 2.45) is 5.92 Å². The quantitative estimate of drug-likeness (QED) is 0.0635. The molecule has 3 aliphatic rings. The van der Waals surface area contributed by atoms with Gasteiger partial charge in [0.1, 0.15) is 22.8 Å². The zero-order valence-corrected chi connectivity index (χ0v) is 38.4. The Morgan fingerprint density at radius 2 is 1.64 bits per heavy atom. The molecule has 0 spiro atoms. The number of anilines is 2. The van der Waals surface area contributed by atoms with Crippen molar-refractivity contribution in [3.63, 3.8) is 0 Å². The van der Waals surface area contributed by atoms with Crippen LogP contribution in [0, 0.1) is 16.0 Å². The summed E-state index contributed by atoms with van der Waals surface area (Å²) in [5.74, 6) is 0.121. The Morgan fingerprint density at radius 1 is 0.910 bits per heavy atom. The zero-order chi connectivity index (χ0) is 46.9. The van der Waals surface area contributed by atoms with Crippen LogP contribution >= 0.6 is 0 Å². The molecule has 0 radical (unpaired) electrons. The van der Waals surface area contributed by atoms with Gasteiger partial charge in [-0.05, 0) is 141 Å². The Hall–Kier alpha value is -6.78. The number of fused-ring (bicyclic) bond motifs is 1. The van der Waals surface area contributed by atoms with E-state index in [0.29, 0.717) is 42.3 Å². The fourth-order valence-electron chi connectivity index (χ4n) is 9.99. The number of benzene rings is 4. The number of carbonyl (C=O) groups is 2. The fraction of sp³-hybridized carbons (Fsp3) is 0.353. The lowest BCUT2D eigenvalue weighted by Crippen LogP contribution is -2.36. The summed E-state index contributed by atoms with van der Waals surface area (Å²) in [5, 5.41) is 26.4. The average Bonchev–Trinajstić information content (AvgIpc) is 4.01. The number of nitrogens with zero attached hydrogens (tertiary/aromatic N) is 4. The Kier molecular flexibility index (Phi) is 12.8. The molecule has 15 nitrogen and oxygen atoms in total. The maximum absolute atomic E-state index is 14.0. The lowest BCUT2D eigenvalue weighted by Gasteiger charge is -2.35. The number of nitro benzene ring substituents is 1. The molecule has 2 aromatic heterocycles. The highest BCUT2D eigenvalue weighted by atomic mass is 32.2. The van der Waals surface area contributed by atoms with Crippen molar-refractivity contribution in [3.8, 4) is 22.6 Å². The van der Waals surface area contributed by atoms with Crippen LogP contribution in [-0.2, 0) is 14.8 Å². The van der Waals surface area contributed by atoms with E-state index in [1.807, 2.05) is 23.1 Å². The van der Waals surface area contributed by atoms with E-state index in [2.05, 4.69) is 61.3 Å². The number of nitro groups is 1. The molecule has 4 aromatic carbocycles. The SMILES string of the molecule is CC(=O)N1CCC(c2ccccc2[C@H]2CCCN2c2ccc(-c3ccc(C(=O)NS(=O)(=O)c4ccc(NC[C@H]5CC[C@](C)(O)CC5)c([N+](=O)[O-])c4)c(Oc4cnc5[nH]ccc5c4)c3)cc2)CC1. The molecule has 4 heterocycles. The van der Waals surface area contributed by atoms with Crippen molar-refractivity contribution >= 4 is 49.9 Å². The molecule has 1 aliphatic carbocycles. The van der Waals surface area contributed by atoms with E-state index in [1.165, 1.54) is 35.5 Å². The number of likely N-dealkylation sites (tertiary alicyclic amines) is 1. The number of H-pyrrole nitrogens is 1. The summed E-state index contributed by atoms with van der Waals surface area (Å²) in [6.45, 7) is 6.32. The molecule has 1 saturated carbocycles. The van der Waals surface area contributed by atoms with Gasteiger partial charge in [0.15, 0.2) is 0 Å². The molecular formula is C51H55N7O8S. The molecule has 2 saturated heterocycles. The van der Waals surface area contributed by atoms with Gasteiger partial charge in [-0.1, -0.05) is 42.5 Å². The normalized spacial score (nSPS) is 20.2. The minimum absolute atomic E-state index is 0.0751. The van der Waals surface area contributed by atoms with E-state index in [1.54, 1.807) is 38.2 Å². The molecule has 2 amide bonds. The van der Waals surface area contributed by atoms with E-state index in [9.17, 15) is 33.2 Å². The van der Waals surface area contributed by atoms with E-state index in [4.69, 9.17) is 4.74 Å². The van der Waals surface area contributed by atoms with Gasteiger partial charge in [0, 0.05) is 56.4 Å². The van der Waals surface area contributed by atoms with Gasteiger partial charge >= 0.3 is 0 Å². The molecule has 348 valence electrons. The monoisotopic (exact) mass is 925 g/mol. The van der Waals surface area contributed by atoms with Gasteiger partial charge in [-0.3, -0.25) is 19.7 Å². The third-order valence-corrected chi connectivity index (χ3v) is 15.1. The first-order valence-corrected chi connectivity index (χ1v) is 24.5. The van der Waals surface area contributed by atoms with Crippen LogP contribution in [0.2, 0.25) is 0 Å². The summed E-state index contributed by atoms with van der Waals surface area (Å²) in [6.07, 6.45) is 9.99. The van der Waals surface area contributed by atoms with Crippen molar-refractivity contribution in [2.75, 3.05) is 36.4 Å². The maximum Gasteiger partial charge on any atom is 0.293 e. The van der Waals surface area contributed by atoms with Gasteiger partial charge in [-0.2, -0.15) is 0 Å². The predicted molar refractivity (Wildman–Crippen MR) is 257 cm³/mol. The van der Waals surface area contributed by atoms with Crippen LogP contribution in [0.1, 0.15) is 98.7 Å². The first kappa shape index (κ1) is 45.4. The number of ether oxygens (including phenoxy) is 1. The number of aromatic amines is 1. The number of carbonyl (C=O) groups excluding carboxylic acids is 2. The van der Waals surface area contributed by atoms with Crippen molar-refractivity contribution in [1.82, 2.24) is 19.6 Å². The predicted octanol–water partition coefficient (Wildman–Crippen LogP) is 9.47. The number of amides is 2. The number of piperidine rings is 1. The van der Waals surface area contributed by atoms with E-state index in [-0.39, 0.29) is 34.9 Å². The van der Waals surface area contributed by atoms with Gasteiger partial charge in [0.2, 0.25) is 5.91 Å². The minimum Gasteiger partial charge on any atom is -0.455 e. The Morgan fingerprint density at radius 3 is 2.37 bits per heavy atom. The molecule has 16 heteroatoms. The Labute approximate surface area is 389 Å². The number of aromatic nitrogens is 2. The van der Waals surface area contributed by atoms with E-state index < -0.39 is 37.0 Å². The van der Waals surface area contributed by atoms with Crippen molar-refractivity contribution in [3.05, 3.63) is 136 Å². The van der Waals surface area contributed by atoms with Crippen molar-refractivity contribution in [1.29, 1.82) is 0 Å². The molecular weight excluding hydrogens is 871 g/mol.